The predicted octanol–water partition coefficient (Wildman–Crippen LogP) is 9.03. The van der Waals surface area contributed by atoms with Gasteiger partial charge >= 0.3 is 12.2 Å². The van der Waals surface area contributed by atoms with E-state index in [0.717, 1.165) is 22.1 Å². The quantitative estimate of drug-likeness (QED) is 0.161. The summed E-state index contributed by atoms with van der Waals surface area (Å²) in [6, 6.07) is 22.9. The van der Waals surface area contributed by atoms with E-state index in [2.05, 4.69) is 15.3 Å². The van der Waals surface area contributed by atoms with Crippen LogP contribution in [-0.2, 0) is 16.1 Å². The standard InChI is InChI=1S/C38H38N4O7/c1-23(2)33(41-36(43)49-38(3,4)5)35-40-28(22-47-35)34-39-19-31(48-34)27-20-42(37(44)45-6)29-17-12-16-26(32(27)29)25-15-10-11-18-30(25)46-21-24-13-8-7-9-14-24/h7-20,22-23,33H,21H2,1-6H3,(H,41,43)/t33-/m0/s1. The highest BCUT2D eigenvalue weighted by Gasteiger charge is 2.28. The van der Waals surface area contributed by atoms with Crippen LogP contribution in [0.15, 0.2) is 100 Å². The third-order valence-corrected chi connectivity index (χ3v) is 7.73. The lowest BCUT2D eigenvalue weighted by Crippen LogP contribution is -2.37. The van der Waals surface area contributed by atoms with Crippen molar-refractivity contribution in [3.8, 4) is 39.8 Å². The minimum Gasteiger partial charge on any atom is -0.488 e. The van der Waals surface area contributed by atoms with Gasteiger partial charge in [-0.25, -0.2) is 19.6 Å². The summed E-state index contributed by atoms with van der Waals surface area (Å²) in [4.78, 5) is 34.6. The Bertz CT molecular complexity index is 2090. The van der Waals surface area contributed by atoms with E-state index >= 15 is 0 Å². The fraction of sp³-hybridized carbons (Fsp3) is 0.263. The molecule has 0 saturated carbocycles. The Hall–Kier alpha value is -5.84. The minimum absolute atomic E-state index is 0.0541. The van der Waals surface area contributed by atoms with Gasteiger partial charge in [-0.2, -0.15) is 0 Å². The highest BCUT2D eigenvalue weighted by Crippen LogP contribution is 2.42. The molecule has 11 heteroatoms. The molecule has 0 spiro atoms. The highest BCUT2D eigenvalue weighted by molar-refractivity contribution is 6.08. The number of nitrogens with zero attached hydrogens (tertiary/aromatic N) is 3. The van der Waals surface area contributed by atoms with Gasteiger partial charge in [0.05, 0.1) is 18.8 Å². The topological polar surface area (TPSA) is 131 Å². The summed E-state index contributed by atoms with van der Waals surface area (Å²) in [5.41, 5.74) is 3.62. The van der Waals surface area contributed by atoms with Crippen molar-refractivity contribution in [2.75, 3.05) is 7.11 Å². The molecule has 252 valence electrons. The van der Waals surface area contributed by atoms with Crippen LogP contribution in [-0.4, -0.2) is 39.4 Å². The van der Waals surface area contributed by atoms with Crippen LogP contribution >= 0.6 is 0 Å². The van der Waals surface area contributed by atoms with E-state index in [-0.39, 0.29) is 17.7 Å². The van der Waals surface area contributed by atoms with E-state index in [1.54, 1.807) is 33.2 Å². The molecule has 1 atom stereocenters. The van der Waals surface area contributed by atoms with E-state index < -0.39 is 23.8 Å². The van der Waals surface area contributed by atoms with Gasteiger partial charge in [-0.05, 0) is 49.9 Å². The Kier molecular flexibility index (Phi) is 9.26. The van der Waals surface area contributed by atoms with Gasteiger partial charge in [0.2, 0.25) is 11.8 Å². The number of oxazole rings is 2. The summed E-state index contributed by atoms with van der Waals surface area (Å²) < 4.78 is 30.4. The fourth-order valence-electron chi connectivity index (χ4n) is 5.49. The van der Waals surface area contributed by atoms with Gasteiger partial charge in [-0.15, -0.1) is 0 Å². The molecule has 0 bridgehead atoms. The summed E-state index contributed by atoms with van der Waals surface area (Å²) in [6.45, 7) is 9.66. The second-order valence-corrected chi connectivity index (χ2v) is 12.8. The summed E-state index contributed by atoms with van der Waals surface area (Å²) in [6.07, 6.45) is 3.55. The number of carbonyl (C=O) groups is 2. The van der Waals surface area contributed by atoms with Crippen LogP contribution in [0.2, 0.25) is 0 Å². The second kappa shape index (κ2) is 13.7. The molecule has 0 radical (unpaired) electrons. The number of para-hydroxylation sites is 1. The lowest BCUT2D eigenvalue weighted by molar-refractivity contribution is 0.0479. The van der Waals surface area contributed by atoms with Gasteiger partial charge in [-0.3, -0.25) is 4.57 Å². The van der Waals surface area contributed by atoms with Crippen LogP contribution in [0.1, 0.15) is 52.1 Å². The number of benzene rings is 3. The molecule has 6 aromatic rings. The number of rotatable bonds is 9. The molecule has 3 heterocycles. The molecule has 3 aromatic heterocycles. The number of aromatic nitrogens is 3. The van der Waals surface area contributed by atoms with Gasteiger partial charge in [0, 0.05) is 22.7 Å². The van der Waals surface area contributed by atoms with E-state index in [0.29, 0.717) is 34.9 Å². The molecule has 6 rings (SSSR count). The maximum Gasteiger partial charge on any atom is 0.418 e. The summed E-state index contributed by atoms with van der Waals surface area (Å²) in [5.74, 6) is 1.51. The van der Waals surface area contributed by atoms with Crippen molar-refractivity contribution in [3.05, 3.63) is 103 Å². The number of alkyl carbamates (subject to hydrolysis) is 1. The zero-order valence-corrected chi connectivity index (χ0v) is 28.2. The first-order valence-corrected chi connectivity index (χ1v) is 15.9. The van der Waals surface area contributed by atoms with E-state index in [4.69, 9.17) is 23.0 Å². The molecule has 3 aromatic carbocycles. The van der Waals surface area contributed by atoms with Crippen molar-refractivity contribution >= 4 is 23.1 Å². The molecule has 0 aliphatic carbocycles. The zero-order chi connectivity index (χ0) is 34.7. The van der Waals surface area contributed by atoms with Crippen LogP contribution in [0.25, 0.3) is 44.9 Å². The lowest BCUT2D eigenvalue weighted by atomic mass is 9.97. The SMILES string of the molecule is COC(=O)n1cc(-c2cnc(-c3coc([C@@H](NC(=O)OC(C)(C)C)C(C)C)n3)o2)c2c(-c3ccccc3OCc3ccccc3)cccc21. The van der Waals surface area contributed by atoms with Crippen LogP contribution < -0.4 is 10.1 Å². The zero-order valence-electron chi connectivity index (χ0n) is 28.2. The number of fused-ring (bicyclic) bond motifs is 1. The third kappa shape index (κ3) is 7.20. The maximum absolute atomic E-state index is 13.0. The first-order valence-electron chi connectivity index (χ1n) is 15.9. The molecule has 0 aliphatic rings. The molecule has 0 aliphatic heterocycles. The van der Waals surface area contributed by atoms with Gasteiger partial charge in [0.25, 0.3) is 0 Å². The Morgan fingerprint density at radius 3 is 2.41 bits per heavy atom. The maximum atomic E-state index is 13.0. The van der Waals surface area contributed by atoms with Gasteiger partial charge in [0.1, 0.15) is 30.3 Å². The first-order chi connectivity index (χ1) is 23.5. The van der Waals surface area contributed by atoms with Crippen LogP contribution in [0, 0.1) is 5.92 Å². The van der Waals surface area contributed by atoms with Crippen molar-refractivity contribution in [2.45, 2.75) is 52.9 Å². The molecule has 11 nitrogen and oxygen atoms in total. The number of carbonyl (C=O) groups excluding carboxylic acids is 2. The van der Waals surface area contributed by atoms with Crippen LogP contribution in [0.4, 0.5) is 9.59 Å². The number of nitrogens with one attached hydrogen (secondary N) is 1. The van der Waals surface area contributed by atoms with Crippen molar-refractivity contribution in [3.63, 3.8) is 0 Å². The molecule has 1 amide bonds. The van der Waals surface area contributed by atoms with E-state index in [9.17, 15) is 9.59 Å². The average Bonchev–Trinajstić information content (AvgIpc) is 3.84. The fourth-order valence-corrected chi connectivity index (χ4v) is 5.49. The van der Waals surface area contributed by atoms with Crippen LogP contribution in [0.3, 0.4) is 0 Å². The van der Waals surface area contributed by atoms with Gasteiger partial charge in [-0.1, -0.05) is 74.5 Å². The first kappa shape index (κ1) is 33.1. The van der Waals surface area contributed by atoms with Crippen molar-refractivity contribution < 1.29 is 32.6 Å². The Balaban J connectivity index is 1.37. The Morgan fingerprint density at radius 2 is 1.67 bits per heavy atom. The molecule has 1 N–H and O–H groups in total. The lowest BCUT2D eigenvalue weighted by Gasteiger charge is -2.24. The van der Waals surface area contributed by atoms with E-state index in [1.165, 1.54) is 17.9 Å². The van der Waals surface area contributed by atoms with Gasteiger partial charge in [0.15, 0.2) is 11.5 Å². The number of hydrogen-bond acceptors (Lipinski definition) is 9. The van der Waals surface area contributed by atoms with Crippen LogP contribution in [0.5, 0.6) is 5.75 Å². The summed E-state index contributed by atoms with van der Waals surface area (Å²) >= 11 is 0. The molecule has 0 unspecified atom stereocenters. The minimum atomic E-state index is -0.657. The molecule has 0 fully saturated rings. The average molecular weight is 663 g/mol. The molecular formula is C38H38N4O7. The van der Waals surface area contributed by atoms with Crippen molar-refractivity contribution in [2.24, 2.45) is 5.92 Å². The number of hydrogen-bond donors (Lipinski definition) is 1. The largest absolute Gasteiger partial charge is 0.488 e. The normalized spacial score (nSPS) is 12.2. The molecular weight excluding hydrogens is 624 g/mol. The van der Waals surface area contributed by atoms with Crippen molar-refractivity contribution in [1.82, 2.24) is 19.9 Å². The Labute approximate surface area is 283 Å². The van der Waals surface area contributed by atoms with E-state index in [1.807, 2.05) is 86.6 Å². The highest BCUT2D eigenvalue weighted by atomic mass is 16.6. The second-order valence-electron chi connectivity index (χ2n) is 12.8. The van der Waals surface area contributed by atoms with Crippen molar-refractivity contribution in [1.29, 1.82) is 0 Å². The number of methoxy groups -OCH3 is 1. The number of amides is 1. The van der Waals surface area contributed by atoms with Gasteiger partial charge < -0.3 is 28.4 Å². The molecule has 0 saturated heterocycles. The molecule has 49 heavy (non-hydrogen) atoms. The number of ether oxygens (including phenoxy) is 3. The predicted molar refractivity (Wildman–Crippen MR) is 184 cm³/mol. The Morgan fingerprint density at radius 1 is 0.939 bits per heavy atom. The third-order valence-electron chi connectivity index (χ3n) is 7.73. The monoisotopic (exact) mass is 662 g/mol. The summed E-state index contributed by atoms with van der Waals surface area (Å²) in [5, 5.41) is 3.59. The smallest absolute Gasteiger partial charge is 0.418 e. The summed E-state index contributed by atoms with van der Waals surface area (Å²) in [7, 11) is 1.33.